The molecule has 0 unspecified atom stereocenters. The maximum atomic E-state index is 12.1. The molecule has 2 aromatic rings. The Morgan fingerprint density at radius 2 is 1.72 bits per heavy atom. The molecule has 0 bridgehead atoms. The molecule has 0 aliphatic heterocycles. The van der Waals surface area contributed by atoms with E-state index in [2.05, 4.69) is 19.2 Å². The number of carbonyl (C=O) groups is 4. The second kappa shape index (κ2) is 9.12. The average molecular weight is 406 g/mol. The summed E-state index contributed by atoms with van der Waals surface area (Å²) in [5, 5.41) is 12.9. The van der Waals surface area contributed by atoms with Gasteiger partial charge in [0.2, 0.25) is 5.76 Å². The first-order chi connectivity index (χ1) is 13.8. The molecule has 12 nitrogen and oxygen atoms in total. The molecular weight excluding hydrogens is 392 g/mol. The van der Waals surface area contributed by atoms with E-state index in [9.17, 15) is 29.3 Å². The Morgan fingerprint density at radius 3 is 2.31 bits per heavy atom. The van der Waals surface area contributed by atoms with E-state index in [0.717, 1.165) is 26.4 Å². The molecule has 0 saturated carbocycles. The van der Waals surface area contributed by atoms with E-state index in [4.69, 9.17) is 4.74 Å². The molecule has 0 radical (unpaired) electrons. The Hall–Kier alpha value is -4.22. The number of benzene rings is 1. The summed E-state index contributed by atoms with van der Waals surface area (Å²) >= 11 is 0. The molecule has 0 saturated heterocycles. The molecule has 152 valence electrons. The third-order valence-electron chi connectivity index (χ3n) is 3.43. The Balaban J connectivity index is 2.10. The summed E-state index contributed by atoms with van der Waals surface area (Å²) in [7, 11) is 2.29. The van der Waals surface area contributed by atoms with Crippen LogP contribution in [0.2, 0.25) is 0 Å². The summed E-state index contributed by atoms with van der Waals surface area (Å²) in [4.78, 5) is 57.0. The number of nitrogens with zero attached hydrogens (tertiary/aromatic N) is 1. The first-order valence-electron chi connectivity index (χ1n) is 7.78. The fourth-order valence-electron chi connectivity index (χ4n) is 2.10. The van der Waals surface area contributed by atoms with Gasteiger partial charge < -0.3 is 23.9 Å². The maximum Gasteiger partial charge on any atom is 0.433 e. The van der Waals surface area contributed by atoms with E-state index < -0.39 is 47.0 Å². The molecule has 12 heteroatoms. The molecular formula is C17H14N2O10. The monoisotopic (exact) mass is 406 g/mol. The molecule has 1 heterocycles. The van der Waals surface area contributed by atoms with Gasteiger partial charge in [-0.25, -0.2) is 14.4 Å². The Labute approximate surface area is 162 Å². The van der Waals surface area contributed by atoms with Gasteiger partial charge in [-0.2, -0.15) is 0 Å². The van der Waals surface area contributed by atoms with E-state index in [1.54, 1.807) is 0 Å². The van der Waals surface area contributed by atoms with Crippen molar-refractivity contribution in [1.82, 2.24) is 0 Å². The Kier molecular flexibility index (Phi) is 6.63. The zero-order chi connectivity index (χ0) is 21.6. The predicted molar refractivity (Wildman–Crippen MR) is 93.4 cm³/mol. The highest BCUT2D eigenvalue weighted by molar-refractivity contribution is 6.04. The van der Waals surface area contributed by atoms with Gasteiger partial charge >= 0.3 is 23.8 Å². The van der Waals surface area contributed by atoms with Gasteiger partial charge in [-0.3, -0.25) is 14.9 Å². The number of furan rings is 1. The van der Waals surface area contributed by atoms with Crippen LogP contribution in [0.4, 0.5) is 11.6 Å². The van der Waals surface area contributed by atoms with Crippen LogP contribution in [0, 0.1) is 10.1 Å². The van der Waals surface area contributed by atoms with Crippen molar-refractivity contribution in [2.75, 3.05) is 26.1 Å². The number of esters is 3. The number of anilines is 1. The largest absolute Gasteiger partial charge is 0.465 e. The summed E-state index contributed by atoms with van der Waals surface area (Å²) in [5.41, 5.74) is -0.0775. The standard InChI is InChI=1S/C17H14N2O10/c1-26-15(21)9-3-4-10(16(22)27-2)11(7-9)18-13(20)8-28-17(23)12-5-6-14(29-12)19(24)25/h3-7H,8H2,1-2H3,(H,18,20). The van der Waals surface area contributed by atoms with Crippen molar-refractivity contribution in [3.63, 3.8) is 0 Å². The number of hydrogen-bond acceptors (Lipinski definition) is 10. The zero-order valence-corrected chi connectivity index (χ0v) is 15.1. The number of nitro groups is 1. The normalized spacial score (nSPS) is 10.0. The third kappa shape index (κ3) is 5.15. The minimum absolute atomic E-state index is 0.0512. The molecule has 1 N–H and O–H groups in total. The SMILES string of the molecule is COC(=O)c1ccc(C(=O)OC)c(NC(=O)COC(=O)c2ccc([N+](=O)[O-])o2)c1. The lowest BCUT2D eigenvalue weighted by molar-refractivity contribution is -0.402. The zero-order valence-electron chi connectivity index (χ0n) is 15.1. The van der Waals surface area contributed by atoms with Crippen LogP contribution in [0.15, 0.2) is 34.7 Å². The lowest BCUT2D eigenvalue weighted by Crippen LogP contribution is -2.22. The number of nitrogens with one attached hydrogen (secondary N) is 1. The average Bonchev–Trinajstić information content (AvgIpc) is 3.21. The number of rotatable bonds is 7. The van der Waals surface area contributed by atoms with E-state index in [0.29, 0.717) is 0 Å². The van der Waals surface area contributed by atoms with Gasteiger partial charge in [0.05, 0.1) is 37.1 Å². The molecule has 0 atom stereocenters. The Bertz CT molecular complexity index is 978. The second-order valence-electron chi connectivity index (χ2n) is 5.26. The minimum atomic E-state index is -1.11. The quantitative estimate of drug-likeness (QED) is 0.309. The highest BCUT2D eigenvalue weighted by atomic mass is 16.7. The molecule has 0 aliphatic carbocycles. The fourth-order valence-corrected chi connectivity index (χ4v) is 2.10. The predicted octanol–water partition coefficient (Wildman–Crippen LogP) is 1.56. The van der Waals surface area contributed by atoms with Crippen LogP contribution in [-0.2, 0) is 19.0 Å². The van der Waals surface area contributed by atoms with Crippen LogP contribution in [0.1, 0.15) is 31.3 Å². The molecule has 29 heavy (non-hydrogen) atoms. The van der Waals surface area contributed by atoms with E-state index in [1.165, 1.54) is 18.2 Å². The van der Waals surface area contributed by atoms with Crippen LogP contribution in [0.25, 0.3) is 0 Å². The van der Waals surface area contributed by atoms with Crippen molar-refractivity contribution in [2.24, 2.45) is 0 Å². The van der Waals surface area contributed by atoms with Crippen molar-refractivity contribution >= 4 is 35.4 Å². The lowest BCUT2D eigenvalue weighted by atomic mass is 10.1. The van der Waals surface area contributed by atoms with E-state index in [-0.39, 0.29) is 16.8 Å². The van der Waals surface area contributed by atoms with Crippen molar-refractivity contribution < 1.29 is 42.7 Å². The van der Waals surface area contributed by atoms with Crippen LogP contribution >= 0.6 is 0 Å². The molecule has 0 aliphatic rings. The second-order valence-corrected chi connectivity index (χ2v) is 5.26. The van der Waals surface area contributed by atoms with Crippen LogP contribution in [-0.4, -0.2) is 49.6 Å². The van der Waals surface area contributed by atoms with Crippen molar-refractivity contribution in [2.45, 2.75) is 0 Å². The summed E-state index contributed by atoms with van der Waals surface area (Å²) in [6.07, 6.45) is 0. The molecule has 1 amide bonds. The highest BCUT2D eigenvalue weighted by Gasteiger charge is 2.21. The molecule has 1 aromatic heterocycles. The smallest absolute Gasteiger partial charge is 0.433 e. The van der Waals surface area contributed by atoms with Crippen LogP contribution in [0.5, 0.6) is 0 Å². The summed E-state index contributed by atoms with van der Waals surface area (Å²) in [5.74, 6) is -4.58. The molecule has 2 rings (SSSR count). The maximum absolute atomic E-state index is 12.1. The number of ether oxygens (including phenoxy) is 3. The molecule has 0 fully saturated rings. The highest BCUT2D eigenvalue weighted by Crippen LogP contribution is 2.20. The number of hydrogen-bond donors (Lipinski definition) is 1. The number of methoxy groups -OCH3 is 2. The fraction of sp³-hybridized carbons (Fsp3) is 0.176. The first-order valence-corrected chi connectivity index (χ1v) is 7.78. The third-order valence-corrected chi connectivity index (χ3v) is 3.43. The number of amides is 1. The van der Waals surface area contributed by atoms with Gasteiger partial charge in [0.25, 0.3) is 5.91 Å². The Morgan fingerprint density at radius 1 is 1.03 bits per heavy atom. The molecule has 1 aromatic carbocycles. The van der Waals surface area contributed by atoms with Gasteiger partial charge in [0.1, 0.15) is 4.92 Å². The van der Waals surface area contributed by atoms with Gasteiger partial charge in [0, 0.05) is 0 Å². The van der Waals surface area contributed by atoms with Crippen molar-refractivity contribution in [1.29, 1.82) is 0 Å². The first kappa shape index (κ1) is 21.1. The minimum Gasteiger partial charge on any atom is -0.465 e. The van der Waals surface area contributed by atoms with Gasteiger partial charge in [-0.15, -0.1) is 0 Å². The number of carbonyl (C=O) groups excluding carboxylic acids is 4. The topological polar surface area (TPSA) is 164 Å². The van der Waals surface area contributed by atoms with Gasteiger partial charge in [-0.1, -0.05) is 0 Å². The van der Waals surface area contributed by atoms with E-state index in [1.807, 2.05) is 0 Å². The van der Waals surface area contributed by atoms with E-state index >= 15 is 0 Å². The lowest BCUT2D eigenvalue weighted by Gasteiger charge is -2.11. The summed E-state index contributed by atoms with van der Waals surface area (Å²) in [6.45, 7) is -0.795. The van der Waals surface area contributed by atoms with Gasteiger partial charge in [0.15, 0.2) is 6.61 Å². The van der Waals surface area contributed by atoms with Crippen LogP contribution < -0.4 is 5.32 Å². The van der Waals surface area contributed by atoms with Crippen molar-refractivity contribution in [3.05, 3.63) is 57.3 Å². The summed E-state index contributed by atoms with van der Waals surface area (Å²) < 4.78 is 18.5. The van der Waals surface area contributed by atoms with Gasteiger partial charge in [-0.05, 0) is 24.3 Å². The van der Waals surface area contributed by atoms with Crippen LogP contribution in [0.3, 0.4) is 0 Å². The summed E-state index contributed by atoms with van der Waals surface area (Å²) in [6, 6.07) is 5.72. The molecule has 0 spiro atoms. The van der Waals surface area contributed by atoms with Crippen molar-refractivity contribution in [3.8, 4) is 0 Å².